The van der Waals surface area contributed by atoms with Gasteiger partial charge < -0.3 is 15.2 Å². The molecule has 0 heterocycles. The number of nitrogens with one attached hydrogen (secondary N) is 1. The molecule has 0 fully saturated rings. The Morgan fingerprint density at radius 3 is 2.43 bits per heavy atom. The second kappa shape index (κ2) is 7.76. The van der Waals surface area contributed by atoms with Crippen LogP contribution in [0.2, 0.25) is 0 Å². The fourth-order valence-electron chi connectivity index (χ4n) is 1.95. The molecule has 21 heavy (non-hydrogen) atoms. The van der Waals surface area contributed by atoms with Crippen molar-refractivity contribution in [2.75, 3.05) is 13.2 Å². The number of aliphatic hydroxyl groups is 1. The van der Waals surface area contributed by atoms with Gasteiger partial charge >= 0.3 is 0 Å². The first-order valence-corrected chi connectivity index (χ1v) is 7.00. The lowest BCUT2D eigenvalue weighted by Gasteiger charge is -2.18. The third kappa shape index (κ3) is 5.17. The van der Waals surface area contributed by atoms with E-state index in [4.69, 9.17) is 4.74 Å². The largest absolute Gasteiger partial charge is 0.491 e. The highest BCUT2D eigenvalue weighted by molar-refractivity contribution is 5.21. The van der Waals surface area contributed by atoms with E-state index in [1.807, 2.05) is 37.3 Å². The third-order valence-electron chi connectivity index (χ3n) is 3.22. The van der Waals surface area contributed by atoms with E-state index in [1.165, 1.54) is 12.1 Å². The zero-order chi connectivity index (χ0) is 15.1. The van der Waals surface area contributed by atoms with E-state index in [0.717, 1.165) is 11.3 Å². The van der Waals surface area contributed by atoms with Crippen molar-refractivity contribution in [2.24, 2.45) is 0 Å². The van der Waals surface area contributed by atoms with Gasteiger partial charge in [0, 0.05) is 12.6 Å². The molecule has 0 aromatic heterocycles. The molecule has 2 atom stereocenters. The molecular formula is C17H20FNO2. The quantitative estimate of drug-likeness (QED) is 0.823. The standard InChI is InChI=1S/C17H20FNO2/c1-13(14-7-9-15(18)10-8-14)19-11-16(20)12-21-17-5-3-2-4-6-17/h2-10,13,16,19-20H,11-12H2,1H3/t13-,16?/m0/s1. The predicted octanol–water partition coefficient (Wildman–Crippen LogP) is 2.92. The van der Waals surface area contributed by atoms with Crippen LogP contribution >= 0.6 is 0 Å². The van der Waals surface area contributed by atoms with Crippen LogP contribution in [-0.4, -0.2) is 24.4 Å². The Hall–Kier alpha value is -1.91. The van der Waals surface area contributed by atoms with Gasteiger partial charge in [-0.15, -0.1) is 0 Å². The zero-order valence-electron chi connectivity index (χ0n) is 12.0. The Labute approximate surface area is 124 Å². The molecule has 0 bridgehead atoms. The molecule has 3 nitrogen and oxygen atoms in total. The van der Waals surface area contributed by atoms with Crippen molar-refractivity contribution in [3.05, 3.63) is 66.0 Å². The van der Waals surface area contributed by atoms with E-state index in [-0.39, 0.29) is 18.5 Å². The average Bonchev–Trinajstić information content (AvgIpc) is 2.52. The Bertz CT molecular complexity index is 530. The van der Waals surface area contributed by atoms with Gasteiger partial charge in [0.05, 0.1) is 0 Å². The van der Waals surface area contributed by atoms with Gasteiger partial charge in [-0.2, -0.15) is 0 Å². The van der Waals surface area contributed by atoms with E-state index in [2.05, 4.69) is 5.32 Å². The summed E-state index contributed by atoms with van der Waals surface area (Å²) in [6.07, 6.45) is -0.604. The summed E-state index contributed by atoms with van der Waals surface area (Å²) < 4.78 is 18.3. The highest BCUT2D eigenvalue weighted by Gasteiger charge is 2.09. The van der Waals surface area contributed by atoms with Gasteiger partial charge in [-0.1, -0.05) is 30.3 Å². The SMILES string of the molecule is C[C@H](NCC(O)COc1ccccc1)c1ccc(F)cc1. The summed E-state index contributed by atoms with van der Waals surface area (Å²) in [6.45, 7) is 2.61. The second-order valence-electron chi connectivity index (χ2n) is 4.96. The van der Waals surface area contributed by atoms with Crippen molar-refractivity contribution >= 4 is 0 Å². The molecule has 0 amide bonds. The van der Waals surface area contributed by atoms with Gasteiger partial charge in [0.15, 0.2) is 0 Å². The topological polar surface area (TPSA) is 41.5 Å². The Balaban J connectivity index is 1.73. The number of ether oxygens (including phenoxy) is 1. The number of hydrogen-bond acceptors (Lipinski definition) is 3. The Morgan fingerprint density at radius 1 is 1.10 bits per heavy atom. The lowest BCUT2D eigenvalue weighted by Crippen LogP contribution is -2.33. The van der Waals surface area contributed by atoms with Gasteiger partial charge in [-0.25, -0.2) is 4.39 Å². The normalized spacial score (nSPS) is 13.7. The first-order chi connectivity index (χ1) is 10.1. The average molecular weight is 289 g/mol. The molecule has 0 saturated carbocycles. The van der Waals surface area contributed by atoms with Crippen LogP contribution in [0.25, 0.3) is 0 Å². The molecule has 4 heteroatoms. The smallest absolute Gasteiger partial charge is 0.123 e. The number of rotatable bonds is 7. The molecule has 2 N–H and O–H groups in total. The molecule has 1 unspecified atom stereocenters. The van der Waals surface area contributed by atoms with Gasteiger partial charge in [-0.3, -0.25) is 0 Å². The molecular weight excluding hydrogens is 269 g/mol. The minimum absolute atomic E-state index is 0.0389. The monoisotopic (exact) mass is 289 g/mol. The highest BCUT2D eigenvalue weighted by atomic mass is 19.1. The summed E-state index contributed by atoms with van der Waals surface area (Å²) >= 11 is 0. The summed E-state index contributed by atoms with van der Waals surface area (Å²) in [5.74, 6) is 0.491. The summed E-state index contributed by atoms with van der Waals surface area (Å²) in [5, 5.41) is 13.1. The van der Waals surface area contributed by atoms with E-state index in [0.29, 0.717) is 6.54 Å². The minimum Gasteiger partial charge on any atom is -0.491 e. The number of para-hydroxylation sites is 1. The van der Waals surface area contributed by atoms with Gasteiger partial charge in [-0.05, 0) is 36.8 Å². The first kappa shape index (κ1) is 15.5. The van der Waals surface area contributed by atoms with Gasteiger partial charge in [0.2, 0.25) is 0 Å². The highest BCUT2D eigenvalue weighted by Crippen LogP contribution is 2.13. The minimum atomic E-state index is -0.604. The molecule has 2 aromatic carbocycles. The lowest BCUT2D eigenvalue weighted by atomic mass is 10.1. The molecule has 0 radical (unpaired) electrons. The van der Waals surface area contributed by atoms with Crippen LogP contribution in [0.4, 0.5) is 4.39 Å². The Kier molecular flexibility index (Phi) is 5.72. The van der Waals surface area contributed by atoms with Crippen molar-refractivity contribution in [1.29, 1.82) is 0 Å². The van der Waals surface area contributed by atoms with Crippen molar-refractivity contribution in [3.63, 3.8) is 0 Å². The molecule has 0 saturated heterocycles. The summed E-state index contributed by atoms with van der Waals surface area (Å²) in [5.41, 5.74) is 0.979. The first-order valence-electron chi connectivity index (χ1n) is 7.00. The van der Waals surface area contributed by atoms with Crippen LogP contribution in [0.1, 0.15) is 18.5 Å². The summed E-state index contributed by atoms with van der Waals surface area (Å²) in [4.78, 5) is 0. The van der Waals surface area contributed by atoms with Crippen molar-refractivity contribution < 1.29 is 14.2 Å². The fraction of sp³-hybridized carbons (Fsp3) is 0.294. The van der Waals surface area contributed by atoms with Crippen LogP contribution in [0.15, 0.2) is 54.6 Å². The third-order valence-corrected chi connectivity index (χ3v) is 3.22. The molecule has 0 aliphatic carbocycles. The maximum absolute atomic E-state index is 12.8. The predicted molar refractivity (Wildman–Crippen MR) is 80.8 cm³/mol. The van der Waals surface area contributed by atoms with Crippen LogP contribution in [0.5, 0.6) is 5.75 Å². The zero-order valence-corrected chi connectivity index (χ0v) is 12.0. The Morgan fingerprint density at radius 2 is 1.76 bits per heavy atom. The number of benzene rings is 2. The second-order valence-corrected chi connectivity index (χ2v) is 4.96. The summed E-state index contributed by atoms with van der Waals surface area (Å²) in [6, 6.07) is 15.8. The fourth-order valence-corrected chi connectivity index (χ4v) is 1.95. The van der Waals surface area contributed by atoms with Crippen molar-refractivity contribution in [1.82, 2.24) is 5.32 Å². The van der Waals surface area contributed by atoms with E-state index >= 15 is 0 Å². The number of hydrogen-bond donors (Lipinski definition) is 2. The van der Waals surface area contributed by atoms with Crippen molar-refractivity contribution in [3.8, 4) is 5.75 Å². The maximum atomic E-state index is 12.8. The van der Waals surface area contributed by atoms with E-state index in [1.54, 1.807) is 12.1 Å². The molecule has 0 spiro atoms. The number of aliphatic hydroxyl groups excluding tert-OH is 1. The molecule has 0 aliphatic rings. The lowest BCUT2D eigenvalue weighted by molar-refractivity contribution is 0.104. The van der Waals surface area contributed by atoms with Crippen LogP contribution in [0.3, 0.4) is 0 Å². The van der Waals surface area contributed by atoms with Gasteiger partial charge in [0.25, 0.3) is 0 Å². The van der Waals surface area contributed by atoms with E-state index < -0.39 is 6.10 Å². The molecule has 2 aromatic rings. The van der Waals surface area contributed by atoms with Crippen molar-refractivity contribution in [2.45, 2.75) is 19.1 Å². The van der Waals surface area contributed by atoms with Gasteiger partial charge in [0.1, 0.15) is 24.3 Å². The van der Waals surface area contributed by atoms with E-state index in [9.17, 15) is 9.50 Å². The maximum Gasteiger partial charge on any atom is 0.123 e. The number of halogens is 1. The van der Waals surface area contributed by atoms with Crippen LogP contribution < -0.4 is 10.1 Å². The molecule has 112 valence electrons. The van der Waals surface area contributed by atoms with Crippen LogP contribution in [-0.2, 0) is 0 Å². The summed E-state index contributed by atoms with van der Waals surface area (Å²) in [7, 11) is 0. The van der Waals surface area contributed by atoms with Crippen LogP contribution in [0, 0.1) is 5.82 Å². The molecule has 0 aliphatic heterocycles. The molecule has 2 rings (SSSR count).